The van der Waals surface area contributed by atoms with E-state index in [0.29, 0.717) is 5.56 Å². The number of rotatable bonds is 2. The smallest absolute Gasteiger partial charge is 0.275 e. The first-order chi connectivity index (χ1) is 12.0. The highest BCUT2D eigenvalue weighted by molar-refractivity contribution is 7.10. The Morgan fingerprint density at radius 1 is 1.16 bits per heavy atom. The Labute approximate surface area is 148 Å². The third-order valence-corrected chi connectivity index (χ3v) is 5.72. The van der Waals surface area contributed by atoms with E-state index in [1.807, 2.05) is 55.9 Å². The van der Waals surface area contributed by atoms with Crippen molar-refractivity contribution in [2.24, 2.45) is 7.05 Å². The lowest BCUT2D eigenvalue weighted by Gasteiger charge is -2.22. The molecule has 1 atom stereocenters. The molecule has 1 aliphatic heterocycles. The number of nitrogens with zero attached hydrogens (tertiary/aromatic N) is 3. The summed E-state index contributed by atoms with van der Waals surface area (Å²) in [5.41, 5.74) is 4.11. The summed E-state index contributed by atoms with van der Waals surface area (Å²) in [6, 6.07) is 9.54. The predicted octanol–water partition coefficient (Wildman–Crippen LogP) is 2.72. The Morgan fingerprint density at radius 2 is 1.88 bits per heavy atom. The van der Waals surface area contributed by atoms with E-state index >= 15 is 0 Å². The van der Waals surface area contributed by atoms with Crippen molar-refractivity contribution in [2.75, 3.05) is 5.32 Å². The molecule has 0 saturated carbocycles. The first-order valence-electron chi connectivity index (χ1n) is 8.09. The Balaban J connectivity index is 1.95. The average Bonchev–Trinajstić information content (AvgIpc) is 3.06. The van der Waals surface area contributed by atoms with Gasteiger partial charge in [-0.2, -0.15) is 4.37 Å². The SMILES string of the molecule is Cc1nsc2c1C(c1c(C)n(C)n(-c3ccccc3)c1=O)CC(=O)N2. The second-order valence-electron chi connectivity index (χ2n) is 6.29. The maximum atomic E-state index is 13.3. The number of hydrogen-bond acceptors (Lipinski definition) is 4. The van der Waals surface area contributed by atoms with Crippen molar-refractivity contribution >= 4 is 22.4 Å². The number of carbonyl (C=O) groups is 1. The van der Waals surface area contributed by atoms with Gasteiger partial charge in [0.2, 0.25) is 5.91 Å². The van der Waals surface area contributed by atoms with E-state index in [2.05, 4.69) is 9.69 Å². The van der Waals surface area contributed by atoms with Crippen molar-refractivity contribution in [1.29, 1.82) is 0 Å². The molecule has 0 fully saturated rings. The second-order valence-corrected chi connectivity index (χ2v) is 7.06. The third kappa shape index (κ3) is 2.34. The maximum Gasteiger partial charge on any atom is 0.275 e. The van der Waals surface area contributed by atoms with Gasteiger partial charge in [0.1, 0.15) is 5.00 Å². The molecule has 6 nitrogen and oxygen atoms in total. The molecule has 128 valence electrons. The number of aromatic nitrogens is 3. The minimum absolute atomic E-state index is 0.0740. The zero-order valence-corrected chi connectivity index (χ0v) is 15.1. The van der Waals surface area contributed by atoms with Gasteiger partial charge < -0.3 is 5.32 Å². The highest BCUT2D eigenvalue weighted by Gasteiger charge is 2.35. The summed E-state index contributed by atoms with van der Waals surface area (Å²) in [6.45, 7) is 3.85. The molecule has 0 saturated heterocycles. The summed E-state index contributed by atoms with van der Waals surface area (Å²) in [5, 5.41) is 3.63. The van der Waals surface area contributed by atoms with Crippen molar-refractivity contribution in [1.82, 2.24) is 13.7 Å². The molecule has 4 rings (SSSR count). The summed E-state index contributed by atoms with van der Waals surface area (Å²) in [7, 11) is 1.87. The number of amides is 1. The first-order valence-corrected chi connectivity index (χ1v) is 8.86. The van der Waals surface area contributed by atoms with E-state index in [1.54, 1.807) is 4.68 Å². The molecule has 25 heavy (non-hydrogen) atoms. The minimum Gasteiger partial charge on any atom is -0.316 e. The number of aryl methyl sites for hydroxylation is 1. The quantitative estimate of drug-likeness (QED) is 0.769. The van der Waals surface area contributed by atoms with Crippen LogP contribution < -0.4 is 10.9 Å². The maximum absolute atomic E-state index is 13.3. The molecular formula is C18H18N4O2S. The van der Waals surface area contributed by atoms with Crippen LogP contribution in [0.3, 0.4) is 0 Å². The number of benzene rings is 1. The van der Waals surface area contributed by atoms with Crippen LogP contribution in [0.5, 0.6) is 0 Å². The molecular weight excluding hydrogens is 336 g/mol. The minimum atomic E-state index is -0.258. The summed E-state index contributed by atoms with van der Waals surface area (Å²) < 4.78 is 7.88. The molecule has 1 aliphatic rings. The van der Waals surface area contributed by atoms with Gasteiger partial charge in [0.15, 0.2) is 0 Å². The van der Waals surface area contributed by atoms with Crippen LogP contribution in [0.4, 0.5) is 5.00 Å². The molecule has 1 N–H and O–H groups in total. The zero-order chi connectivity index (χ0) is 17.7. The molecule has 7 heteroatoms. The Bertz CT molecular complexity index is 1030. The fourth-order valence-corrected chi connectivity index (χ4v) is 4.45. The molecule has 1 amide bonds. The highest BCUT2D eigenvalue weighted by atomic mass is 32.1. The Morgan fingerprint density at radius 3 is 2.60 bits per heavy atom. The van der Waals surface area contributed by atoms with Crippen molar-refractivity contribution < 1.29 is 4.79 Å². The molecule has 3 aromatic rings. The molecule has 0 bridgehead atoms. The fourth-order valence-electron chi connectivity index (χ4n) is 3.58. The molecule has 0 aliphatic carbocycles. The molecule has 1 aromatic carbocycles. The van der Waals surface area contributed by atoms with Gasteiger partial charge in [-0.05, 0) is 37.5 Å². The highest BCUT2D eigenvalue weighted by Crippen LogP contribution is 2.41. The van der Waals surface area contributed by atoms with Crippen LogP contribution in [0, 0.1) is 13.8 Å². The van der Waals surface area contributed by atoms with Crippen LogP contribution in [0.1, 0.15) is 34.9 Å². The Hall–Kier alpha value is -2.67. The van der Waals surface area contributed by atoms with Crippen molar-refractivity contribution in [3.8, 4) is 5.69 Å². The molecule has 1 unspecified atom stereocenters. The topological polar surface area (TPSA) is 68.9 Å². The van der Waals surface area contributed by atoms with Gasteiger partial charge in [-0.1, -0.05) is 18.2 Å². The van der Waals surface area contributed by atoms with E-state index in [1.165, 1.54) is 11.5 Å². The largest absolute Gasteiger partial charge is 0.316 e. The lowest BCUT2D eigenvalue weighted by atomic mass is 9.86. The normalized spacial score (nSPS) is 16.6. The third-order valence-electron chi connectivity index (χ3n) is 4.85. The van der Waals surface area contributed by atoms with Crippen LogP contribution >= 0.6 is 11.5 Å². The number of hydrogen-bond donors (Lipinski definition) is 1. The van der Waals surface area contributed by atoms with Crippen LogP contribution in [-0.2, 0) is 11.8 Å². The van der Waals surface area contributed by atoms with E-state index in [-0.39, 0.29) is 23.8 Å². The van der Waals surface area contributed by atoms with Gasteiger partial charge in [-0.3, -0.25) is 14.3 Å². The van der Waals surface area contributed by atoms with Crippen molar-refractivity contribution in [3.05, 3.63) is 63.2 Å². The molecule has 2 aromatic heterocycles. The molecule has 0 spiro atoms. The van der Waals surface area contributed by atoms with Gasteiger partial charge in [-0.25, -0.2) is 4.68 Å². The number of anilines is 1. The van der Waals surface area contributed by atoms with Gasteiger partial charge >= 0.3 is 0 Å². The van der Waals surface area contributed by atoms with E-state index < -0.39 is 0 Å². The lowest BCUT2D eigenvalue weighted by molar-refractivity contribution is -0.116. The summed E-state index contributed by atoms with van der Waals surface area (Å²) >= 11 is 1.28. The fraction of sp³-hybridized carbons (Fsp3) is 0.278. The summed E-state index contributed by atoms with van der Waals surface area (Å²) in [6.07, 6.45) is 0.265. The van der Waals surface area contributed by atoms with Crippen molar-refractivity contribution in [3.63, 3.8) is 0 Å². The number of nitrogens with one attached hydrogen (secondary N) is 1. The molecule has 3 heterocycles. The van der Waals surface area contributed by atoms with Gasteiger partial charge in [0.25, 0.3) is 5.56 Å². The van der Waals surface area contributed by atoms with Crippen LogP contribution in [0.25, 0.3) is 5.69 Å². The monoisotopic (exact) mass is 354 g/mol. The molecule has 0 radical (unpaired) electrons. The first kappa shape index (κ1) is 15.8. The zero-order valence-electron chi connectivity index (χ0n) is 14.2. The number of carbonyl (C=O) groups excluding carboxylic acids is 1. The van der Waals surface area contributed by atoms with Crippen molar-refractivity contribution in [2.45, 2.75) is 26.2 Å². The summed E-state index contributed by atoms with van der Waals surface area (Å²) in [5.74, 6) is -0.332. The second kappa shape index (κ2) is 5.70. The summed E-state index contributed by atoms with van der Waals surface area (Å²) in [4.78, 5) is 25.4. The average molecular weight is 354 g/mol. The predicted molar refractivity (Wildman–Crippen MR) is 97.7 cm³/mol. The van der Waals surface area contributed by atoms with E-state index in [0.717, 1.165) is 27.6 Å². The standard InChI is InChI=1S/C18H18N4O2S/c1-10-15-13(9-14(23)19-17(15)25-20-10)16-11(2)21(3)22(18(16)24)12-7-5-4-6-8-12/h4-8,13H,9H2,1-3H3,(H,19,23). The van der Waals surface area contributed by atoms with Gasteiger partial charge in [-0.15, -0.1) is 0 Å². The van der Waals surface area contributed by atoms with Crippen LogP contribution in [0.15, 0.2) is 35.1 Å². The number of para-hydroxylation sites is 1. The number of fused-ring (bicyclic) bond motifs is 1. The lowest BCUT2D eigenvalue weighted by Crippen LogP contribution is -2.27. The van der Waals surface area contributed by atoms with Crippen LogP contribution in [0.2, 0.25) is 0 Å². The van der Waals surface area contributed by atoms with E-state index in [4.69, 9.17) is 0 Å². The van der Waals surface area contributed by atoms with Gasteiger partial charge in [0.05, 0.1) is 11.4 Å². The van der Waals surface area contributed by atoms with E-state index in [9.17, 15) is 9.59 Å². The Kier molecular flexibility index (Phi) is 3.61. The van der Waals surface area contributed by atoms with Crippen LogP contribution in [-0.4, -0.2) is 19.6 Å². The van der Waals surface area contributed by atoms with Gasteiger partial charge in [0, 0.05) is 36.2 Å².